The van der Waals surface area contributed by atoms with Crippen molar-refractivity contribution >= 4 is 5.95 Å². The third-order valence-corrected chi connectivity index (χ3v) is 2.46. The Hall–Kier alpha value is -1.98. The first-order valence-electron chi connectivity index (χ1n) is 5.49. The molecule has 6 nitrogen and oxygen atoms in total. The molecule has 2 rings (SSSR count). The molecule has 0 spiro atoms. The summed E-state index contributed by atoms with van der Waals surface area (Å²) in [5, 5.41) is 11.1. The lowest BCUT2D eigenvalue weighted by atomic mass is 10.3. The van der Waals surface area contributed by atoms with Gasteiger partial charge in [-0.3, -0.25) is 0 Å². The monoisotopic (exact) mass is 232 g/mol. The summed E-state index contributed by atoms with van der Waals surface area (Å²) in [7, 11) is 1.91. The molecule has 2 aromatic heterocycles. The molecule has 2 aromatic rings. The van der Waals surface area contributed by atoms with E-state index in [1.807, 2.05) is 38.5 Å². The van der Waals surface area contributed by atoms with Gasteiger partial charge >= 0.3 is 0 Å². The fraction of sp³-hybridized carbons (Fsp3) is 0.455. The molecule has 0 aromatic carbocycles. The van der Waals surface area contributed by atoms with Crippen LogP contribution in [0.25, 0.3) is 0 Å². The molecule has 0 amide bonds. The van der Waals surface area contributed by atoms with Crippen molar-refractivity contribution in [3.8, 4) is 0 Å². The van der Waals surface area contributed by atoms with Gasteiger partial charge in [-0.25, -0.2) is 9.97 Å². The number of hydrogen-bond acceptors (Lipinski definition) is 5. The first-order chi connectivity index (χ1) is 8.06. The summed E-state index contributed by atoms with van der Waals surface area (Å²) in [5.41, 5.74) is 1.90. The van der Waals surface area contributed by atoms with Crippen LogP contribution in [0.15, 0.2) is 12.4 Å². The summed E-state index contributed by atoms with van der Waals surface area (Å²) < 4.78 is 1.88. The number of nitrogens with one attached hydrogen (secondary N) is 1. The summed E-state index contributed by atoms with van der Waals surface area (Å²) in [6.45, 7) is 5.91. The molecule has 0 radical (unpaired) electrons. The quantitative estimate of drug-likeness (QED) is 0.866. The lowest BCUT2D eigenvalue weighted by Crippen LogP contribution is -2.14. The Bertz CT molecular complexity index is 498. The molecule has 0 aliphatic carbocycles. The van der Waals surface area contributed by atoms with Crippen LogP contribution in [0.2, 0.25) is 0 Å². The van der Waals surface area contributed by atoms with Gasteiger partial charge in [0.25, 0.3) is 0 Å². The van der Waals surface area contributed by atoms with Gasteiger partial charge in [-0.1, -0.05) is 0 Å². The van der Waals surface area contributed by atoms with Crippen molar-refractivity contribution in [2.45, 2.75) is 26.8 Å². The molecule has 0 saturated heterocycles. The molecule has 2 heterocycles. The molecule has 1 N–H and O–H groups in total. The predicted molar refractivity (Wildman–Crippen MR) is 64.5 cm³/mol. The Kier molecular flexibility index (Phi) is 3.03. The van der Waals surface area contributed by atoms with Crippen LogP contribution >= 0.6 is 0 Å². The molecular weight excluding hydrogens is 216 g/mol. The largest absolute Gasteiger partial charge is 0.344 e. The van der Waals surface area contributed by atoms with Gasteiger partial charge in [0.05, 0.1) is 6.04 Å². The lowest BCUT2D eigenvalue weighted by Gasteiger charge is -2.13. The average molecular weight is 232 g/mol. The molecule has 0 bridgehead atoms. The minimum Gasteiger partial charge on any atom is -0.344 e. The number of hydrogen-bond donors (Lipinski definition) is 1. The number of aromatic nitrogens is 5. The Labute approximate surface area is 100 Å². The van der Waals surface area contributed by atoms with Crippen molar-refractivity contribution in [3.63, 3.8) is 0 Å². The molecule has 0 aliphatic heterocycles. The zero-order valence-electron chi connectivity index (χ0n) is 10.5. The SMILES string of the molecule is Cc1cc(C)nc(NC(C)c2nncn2C)n1. The third kappa shape index (κ3) is 2.58. The van der Waals surface area contributed by atoms with Crippen molar-refractivity contribution in [1.29, 1.82) is 0 Å². The molecule has 90 valence electrons. The van der Waals surface area contributed by atoms with E-state index in [1.54, 1.807) is 6.33 Å². The molecule has 6 heteroatoms. The van der Waals surface area contributed by atoms with Crippen molar-refractivity contribution in [3.05, 3.63) is 29.6 Å². The zero-order chi connectivity index (χ0) is 12.4. The van der Waals surface area contributed by atoms with Gasteiger partial charge < -0.3 is 9.88 Å². The molecule has 0 saturated carbocycles. The smallest absolute Gasteiger partial charge is 0.223 e. The van der Waals surface area contributed by atoms with Crippen LogP contribution in [0.5, 0.6) is 0 Å². The van der Waals surface area contributed by atoms with E-state index in [0.29, 0.717) is 5.95 Å². The van der Waals surface area contributed by atoms with E-state index in [-0.39, 0.29) is 6.04 Å². The Morgan fingerprint density at radius 1 is 1.24 bits per heavy atom. The maximum Gasteiger partial charge on any atom is 0.223 e. The topological polar surface area (TPSA) is 68.5 Å². The maximum atomic E-state index is 4.33. The van der Waals surface area contributed by atoms with Gasteiger partial charge in [0.15, 0.2) is 5.82 Å². The fourth-order valence-electron chi connectivity index (χ4n) is 1.73. The van der Waals surface area contributed by atoms with Crippen LogP contribution in [0.4, 0.5) is 5.95 Å². The lowest BCUT2D eigenvalue weighted by molar-refractivity contribution is 0.711. The van der Waals surface area contributed by atoms with Crippen LogP contribution < -0.4 is 5.32 Å². The Morgan fingerprint density at radius 3 is 2.41 bits per heavy atom. The highest BCUT2D eigenvalue weighted by Crippen LogP contribution is 2.14. The van der Waals surface area contributed by atoms with Crippen molar-refractivity contribution in [2.75, 3.05) is 5.32 Å². The number of anilines is 1. The second-order valence-electron chi connectivity index (χ2n) is 4.14. The molecular formula is C11H16N6. The summed E-state index contributed by atoms with van der Waals surface area (Å²) >= 11 is 0. The zero-order valence-corrected chi connectivity index (χ0v) is 10.5. The first-order valence-corrected chi connectivity index (χ1v) is 5.49. The van der Waals surface area contributed by atoms with Gasteiger partial charge in [-0.2, -0.15) is 0 Å². The van der Waals surface area contributed by atoms with Gasteiger partial charge in [0, 0.05) is 18.4 Å². The van der Waals surface area contributed by atoms with E-state index < -0.39 is 0 Å². The highest BCUT2D eigenvalue weighted by molar-refractivity contribution is 5.30. The van der Waals surface area contributed by atoms with E-state index in [4.69, 9.17) is 0 Å². The summed E-state index contributed by atoms with van der Waals surface area (Å²) in [5.74, 6) is 1.48. The number of aryl methyl sites for hydroxylation is 3. The summed E-state index contributed by atoms with van der Waals surface area (Å²) in [6, 6.07) is 1.96. The van der Waals surface area contributed by atoms with E-state index in [2.05, 4.69) is 25.5 Å². The highest BCUT2D eigenvalue weighted by Gasteiger charge is 2.12. The second kappa shape index (κ2) is 4.48. The summed E-state index contributed by atoms with van der Waals surface area (Å²) in [4.78, 5) is 8.67. The number of rotatable bonds is 3. The third-order valence-electron chi connectivity index (χ3n) is 2.46. The minimum atomic E-state index is 0.0173. The normalized spacial score (nSPS) is 12.5. The van der Waals surface area contributed by atoms with E-state index in [9.17, 15) is 0 Å². The van der Waals surface area contributed by atoms with Crippen LogP contribution in [-0.4, -0.2) is 24.7 Å². The predicted octanol–water partition coefficient (Wildman–Crippen LogP) is 1.40. The molecule has 1 unspecified atom stereocenters. The minimum absolute atomic E-state index is 0.0173. The molecule has 17 heavy (non-hydrogen) atoms. The van der Waals surface area contributed by atoms with E-state index in [0.717, 1.165) is 17.2 Å². The average Bonchev–Trinajstić information content (AvgIpc) is 2.62. The van der Waals surface area contributed by atoms with Crippen LogP contribution in [0.3, 0.4) is 0 Å². The van der Waals surface area contributed by atoms with Crippen molar-refractivity contribution < 1.29 is 0 Å². The Morgan fingerprint density at radius 2 is 1.88 bits per heavy atom. The Balaban J connectivity index is 2.18. The van der Waals surface area contributed by atoms with Gasteiger partial charge in [0.1, 0.15) is 6.33 Å². The standard InChI is InChI=1S/C11H16N6/c1-7-5-8(2)14-11(13-7)15-9(3)10-16-12-6-17(10)4/h5-6,9H,1-4H3,(H,13,14,15). The molecule has 1 atom stereocenters. The highest BCUT2D eigenvalue weighted by atomic mass is 15.3. The van der Waals surface area contributed by atoms with Crippen molar-refractivity contribution in [2.24, 2.45) is 7.05 Å². The summed E-state index contributed by atoms with van der Waals surface area (Å²) in [6.07, 6.45) is 1.68. The first kappa shape index (κ1) is 11.5. The van der Waals surface area contributed by atoms with Gasteiger partial charge in [-0.05, 0) is 26.8 Å². The maximum absolute atomic E-state index is 4.33. The van der Waals surface area contributed by atoms with Crippen LogP contribution in [0.1, 0.15) is 30.2 Å². The fourth-order valence-corrected chi connectivity index (χ4v) is 1.73. The number of nitrogens with zero attached hydrogens (tertiary/aromatic N) is 5. The van der Waals surface area contributed by atoms with E-state index in [1.165, 1.54) is 0 Å². The second-order valence-corrected chi connectivity index (χ2v) is 4.14. The van der Waals surface area contributed by atoms with E-state index >= 15 is 0 Å². The van der Waals surface area contributed by atoms with Crippen molar-refractivity contribution in [1.82, 2.24) is 24.7 Å². The molecule has 0 fully saturated rings. The molecule has 0 aliphatic rings. The van der Waals surface area contributed by atoms with Crippen LogP contribution in [0, 0.1) is 13.8 Å². The van der Waals surface area contributed by atoms with Gasteiger partial charge in [0.2, 0.25) is 5.95 Å². The van der Waals surface area contributed by atoms with Crippen LogP contribution in [-0.2, 0) is 7.05 Å². The van der Waals surface area contributed by atoms with Gasteiger partial charge in [-0.15, -0.1) is 10.2 Å².